The van der Waals surface area contributed by atoms with Gasteiger partial charge in [-0.05, 0) is 44.2 Å². The van der Waals surface area contributed by atoms with Gasteiger partial charge in [0.1, 0.15) is 16.8 Å². The Morgan fingerprint density at radius 3 is 2.66 bits per heavy atom. The fraction of sp³-hybridized carbons (Fsp3) is 0.182. The number of nitrogens with zero attached hydrogens (tertiary/aromatic N) is 4. The lowest BCUT2D eigenvalue weighted by Gasteiger charge is -2.15. The summed E-state index contributed by atoms with van der Waals surface area (Å²) in [6.07, 6.45) is 2.95. The van der Waals surface area contributed by atoms with E-state index in [4.69, 9.17) is 20.7 Å². The van der Waals surface area contributed by atoms with Gasteiger partial charge in [0.05, 0.1) is 6.61 Å². The summed E-state index contributed by atoms with van der Waals surface area (Å²) in [7, 11) is 0. The smallest absolute Gasteiger partial charge is 0.319 e. The molecule has 0 saturated heterocycles. The Morgan fingerprint density at radius 1 is 1.20 bits per heavy atom. The van der Waals surface area contributed by atoms with E-state index >= 15 is 0 Å². The van der Waals surface area contributed by atoms with Gasteiger partial charge in [0, 0.05) is 28.9 Å². The van der Waals surface area contributed by atoms with Crippen molar-refractivity contribution in [2.75, 3.05) is 11.9 Å². The van der Waals surface area contributed by atoms with Crippen molar-refractivity contribution in [2.24, 2.45) is 16.1 Å². The van der Waals surface area contributed by atoms with Crippen molar-refractivity contribution in [3.05, 3.63) is 66.0 Å². The highest BCUT2D eigenvalue weighted by Crippen LogP contribution is 2.35. The molecule has 2 heterocycles. The van der Waals surface area contributed by atoms with Gasteiger partial charge in [-0.2, -0.15) is 5.53 Å². The highest BCUT2D eigenvalue weighted by molar-refractivity contribution is 8.00. The monoisotopic (exact) mass is 501 g/mol. The third kappa shape index (κ3) is 6.93. The number of carbonyl (C=O) groups excluding carboxylic acids is 1. The van der Waals surface area contributed by atoms with Crippen LogP contribution in [-0.2, 0) is 9.53 Å². The molecule has 3 aromatic rings. The number of benzene rings is 1. The van der Waals surface area contributed by atoms with Gasteiger partial charge in [0.2, 0.25) is 0 Å². The molecule has 0 spiro atoms. The predicted octanol–water partition coefficient (Wildman–Crippen LogP) is 4.99. The number of nitrogens with one attached hydrogen (secondary N) is 2. The Kier molecular flexibility index (Phi) is 8.62. The van der Waals surface area contributed by atoms with Gasteiger partial charge >= 0.3 is 5.97 Å². The molecule has 182 valence electrons. The van der Waals surface area contributed by atoms with Crippen molar-refractivity contribution in [3.63, 3.8) is 0 Å². The number of hydrogen-bond donors (Lipinski definition) is 3. The molecule has 10 nitrogen and oxygen atoms in total. The third-order valence-electron chi connectivity index (χ3n) is 4.34. The maximum Gasteiger partial charge on any atom is 0.319 e. The van der Waals surface area contributed by atoms with Crippen LogP contribution in [0.3, 0.4) is 0 Å². The maximum atomic E-state index is 13.7. The van der Waals surface area contributed by atoms with E-state index in [2.05, 4.69) is 25.6 Å². The first-order chi connectivity index (χ1) is 16.8. The van der Waals surface area contributed by atoms with Crippen molar-refractivity contribution in [1.29, 1.82) is 5.53 Å². The summed E-state index contributed by atoms with van der Waals surface area (Å²) >= 11 is 1.20. The summed E-state index contributed by atoms with van der Waals surface area (Å²) < 4.78 is 37.9. The number of hydrogen-bond acceptors (Lipinski definition) is 9. The molecule has 3 rings (SSSR count). The van der Waals surface area contributed by atoms with Crippen LogP contribution >= 0.6 is 11.8 Å². The van der Waals surface area contributed by atoms with Crippen LogP contribution in [-0.4, -0.2) is 33.6 Å². The molecule has 0 saturated carbocycles. The number of ether oxygens (including phenoxy) is 2. The van der Waals surface area contributed by atoms with Gasteiger partial charge < -0.3 is 20.5 Å². The Bertz CT molecular complexity index is 1240. The van der Waals surface area contributed by atoms with Crippen LogP contribution in [0.2, 0.25) is 0 Å². The largest absolute Gasteiger partial charge is 0.465 e. The third-order valence-corrected chi connectivity index (χ3v) is 5.38. The van der Waals surface area contributed by atoms with Gasteiger partial charge in [-0.1, -0.05) is 5.22 Å². The zero-order valence-electron chi connectivity index (χ0n) is 18.7. The summed E-state index contributed by atoms with van der Waals surface area (Å²) in [6, 6.07) is 7.94. The van der Waals surface area contributed by atoms with Gasteiger partial charge in [-0.25, -0.2) is 18.7 Å². The van der Waals surface area contributed by atoms with Crippen LogP contribution in [0.5, 0.6) is 11.5 Å². The van der Waals surface area contributed by atoms with Gasteiger partial charge in [0.15, 0.2) is 29.0 Å². The van der Waals surface area contributed by atoms with Crippen molar-refractivity contribution >= 4 is 35.2 Å². The molecular weight excluding hydrogens is 480 g/mol. The minimum atomic E-state index is -1.07. The standard InChI is InChI=1S/C22H21F2N7O3S/c1-3-33-22(32)12(2)35-15-9-18(34-14-5-6-16(23)17(24)8-14)21(28-11-15)29-19-7-4-13(10-27-19)20(25)30-31-26/h4-12H,3H2,1-2H3,(H3,25,26,30)(H,27,28,29). The van der Waals surface area contributed by atoms with E-state index in [0.717, 1.165) is 12.1 Å². The minimum Gasteiger partial charge on any atom is -0.465 e. The second kappa shape index (κ2) is 11.8. The van der Waals surface area contributed by atoms with Crippen molar-refractivity contribution in [2.45, 2.75) is 24.0 Å². The van der Waals surface area contributed by atoms with Crippen LogP contribution in [0, 0.1) is 17.2 Å². The average molecular weight is 502 g/mol. The molecule has 2 aromatic heterocycles. The van der Waals surface area contributed by atoms with Crippen LogP contribution in [0.15, 0.2) is 64.0 Å². The van der Waals surface area contributed by atoms with Gasteiger partial charge in [-0.3, -0.25) is 4.79 Å². The second-order valence-electron chi connectivity index (χ2n) is 6.85. The number of anilines is 2. The number of thioether (sulfide) groups is 1. The van der Waals surface area contributed by atoms with Crippen molar-refractivity contribution in [3.8, 4) is 11.5 Å². The summed E-state index contributed by atoms with van der Waals surface area (Å²) in [6.45, 7) is 3.67. The Hall–Kier alpha value is -4.13. The fourth-order valence-electron chi connectivity index (χ4n) is 2.69. The zero-order chi connectivity index (χ0) is 25.4. The first-order valence-corrected chi connectivity index (χ1v) is 11.1. The van der Waals surface area contributed by atoms with E-state index in [-0.39, 0.29) is 35.7 Å². The van der Waals surface area contributed by atoms with E-state index in [9.17, 15) is 13.6 Å². The van der Waals surface area contributed by atoms with E-state index in [1.54, 1.807) is 32.0 Å². The molecule has 4 N–H and O–H groups in total. The molecule has 0 aliphatic heterocycles. The first kappa shape index (κ1) is 25.5. The number of nitrogens with two attached hydrogens (primary N) is 1. The lowest BCUT2D eigenvalue weighted by atomic mass is 10.2. The average Bonchev–Trinajstić information content (AvgIpc) is 2.84. The van der Waals surface area contributed by atoms with E-state index in [0.29, 0.717) is 16.3 Å². The van der Waals surface area contributed by atoms with Crippen molar-refractivity contribution in [1.82, 2.24) is 9.97 Å². The number of pyridine rings is 2. The molecule has 35 heavy (non-hydrogen) atoms. The number of halogens is 2. The molecule has 0 amide bonds. The highest BCUT2D eigenvalue weighted by Gasteiger charge is 2.18. The Morgan fingerprint density at radius 2 is 2.00 bits per heavy atom. The van der Waals surface area contributed by atoms with Crippen LogP contribution in [0.4, 0.5) is 20.4 Å². The summed E-state index contributed by atoms with van der Waals surface area (Å²) in [5.41, 5.74) is 12.9. The fourth-order valence-corrected chi connectivity index (χ4v) is 3.56. The second-order valence-corrected chi connectivity index (χ2v) is 8.26. The summed E-state index contributed by atoms with van der Waals surface area (Å²) in [5, 5.41) is 8.79. The normalized spacial score (nSPS) is 12.1. The Balaban J connectivity index is 1.90. The first-order valence-electron chi connectivity index (χ1n) is 10.2. The number of aromatic nitrogens is 2. The molecule has 1 atom stereocenters. The molecule has 13 heteroatoms. The SMILES string of the molecule is CCOC(=O)C(C)Sc1cnc(Nc2ccc(/C(N)=N/N=N)cn2)c(Oc2ccc(F)c(F)c2)c1. The van der Waals surface area contributed by atoms with Crippen LogP contribution < -0.4 is 15.8 Å². The van der Waals surface area contributed by atoms with Crippen molar-refractivity contribution < 1.29 is 23.0 Å². The molecular formula is C22H21F2N7O3S. The van der Waals surface area contributed by atoms with E-state index in [1.807, 2.05) is 0 Å². The minimum absolute atomic E-state index is 0.0247. The molecule has 1 aromatic carbocycles. The zero-order valence-corrected chi connectivity index (χ0v) is 19.5. The lowest BCUT2D eigenvalue weighted by Crippen LogP contribution is -2.16. The highest BCUT2D eigenvalue weighted by atomic mass is 32.2. The van der Waals surface area contributed by atoms with Gasteiger partial charge in [-0.15, -0.1) is 16.9 Å². The number of amidine groups is 1. The van der Waals surface area contributed by atoms with E-state index < -0.39 is 16.9 Å². The molecule has 0 aliphatic rings. The molecule has 0 aliphatic carbocycles. The summed E-state index contributed by atoms with van der Waals surface area (Å²) in [4.78, 5) is 21.1. The van der Waals surface area contributed by atoms with Gasteiger partial charge in [0.25, 0.3) is 0 Å². The number of rotatable bonds is 10. The molecule has 1 unspecified atom stereocenters. The quantitative estimate of drug-likeness (QED) is 0.0879. The van der Waals surface area contributed by atoms with Crippen LogP contribution in [0.25, 0.3) is 0 Å². The van der Waals surface area contributed by atoms with Crippen LogP contribution in [0.1, 0.15) is 19.4 Å². The summed E-state index contributed by atoms with van der Waals surface area (Å²) in [5.74, 6) is -1.62. The topological polar surface area (TPSA) is 148 Å². The lowest BCUT2D eigenvalue weighted by molar-refractivity contribution is -0.142. The number of esters is 1. The Labute approximate surface area is 203 Å². The number of carbonyl (C=O) groups is 1. The van der Waals surface area contributed by atoms with E-state index in [1.165, 1.54) is 30.2 Å². The molecule has 0 fully saturated rings. The maximum absolute atomic E-state index is 13.7. The predicted molar refractivity (Wildman–Crippen MR) is 126 cm³/mol. The molecule has 0 bridgehead atoms. The molecule has 0 radical (unpaired) electrons.